The highest BCUT2D eigenvalue weighted by molar-refractivity contribution is 5.95. The fourth-order valence-corrected chi connectivity index (χ4v) is 2.41. The fourth-order valence-electron chi connectivity index (χ4n) is 2.41. The molecule has 1 heterocycles. The molecular weight excluding hydrogens is 372 g/mol. The lowest BCUT2D eigenvalue weighted by Gasteiger charge is -2.16. The summed E-state index contributed by atoms with van der Waals surface area (Å²) in [5, 5.41) is 2.76. The van der Waals surface area contributed by atoms with E-state index in [0.29, 0.717) is 48.4 Å². The van der Waals surface area contributed by atoms with E-state index in [4.69, 9.17) is 18.9 Å². The molecule has 154 valence electrons. The number of hydrogen-bond acceptors (Lipinski definition) is 6. The normalized spacial score (nSPS) is 9.76. The highest BCUT2D eigenvalue weighted by Crippen LogP contribution is 2.39. The van der Waals surface area contributed by atoms with Crippen molar-refractivity contribution in [3.05, 3.63) is 42.2 Å². The predicted molar refractivity (Wildman–Crippen MR) is 110 cm³/mol. The van der Waals surface area contributed by atoms with Crippen LogP contribution in [0, 0.1) is 11.8 Å². The Morgan fingerprint density at radius 2 is 1.69 bits per heavy atom. The van der Waals surface area contributed by atoms with E-state index >= 15 is 0 Å². The van der Waals surface area contributed by atoms with Gasteiger partial charge in [0.25, 0.3) is 5.91 Å². The van der Waals surface area contributed by atoms with Crippen LogP contribution in [-0.4, -0.2) is 43.9 Å². The second-order valence-corrected chi connectivity index (χ2v) is 5.61. The van der Waals surface area contributed by atoms with Crippen molar-refractivity contribution in [1.82, 2.24) is 10.3 Å². The average molecular weight is 398 g/mol. The molecule has 0 fully saturated rings. The Balaban J connectivity index is 1.99. The molecule has 2 aromatic rings. The van der Waals surface area contributed by atoms with Crippen molar-refractivity contribution in [2.45, 2.75) is 20.8 Å². The monoisotopic (exact) mass is 398 g/mol. The van der Waals surface area contributed by atoms with Gasteiger partial charge in [0.1, 0.15) is 12.4 Å². The van der Waals surface area contributed by atoms with E-state index in [1.807, 2.05) is 20.8 Å². The van der Waals surface area contributed by atoms with Gasteiger partial charge in [0, 0.05) is 11.8 Å². The Labute approximate surface area is 171 Å². The number of pyridine rings is 1. The molecule has 1 N–H and O–H groups in total. The standard InChI is InChI=1S/C22H26N2O5/c1-4-26-19-14-17(15-20(27-5-2)21(19)28-6-3)22(25)24-12-7-8-13-29-18-10-9-11-23-16-18/h9-11,14-16H,4-6,12-13H2,1-3H3,(H,24,25). The molecule has 0 saturated carbocycles. The SMILES string of the molecule is CCOc1cc(C(=O)NCC#CCOc2cccnc2)cc(OCC)c1OCC. The third-order valence-electron chi connectivity index (χ3n) is 3.58. The van der Waals surface area contributed by atoms with Gasteiger partial charge in [-0.05, 0) is 45.0 Å². The van der Waals surface area contributed by atoms with Crippen molar-refractivity contribution in [2.75, 3.05) is 33.0 Å². The number of benzene rings is 1. The van der Waals surface area contributed by atoms with Crippen LogP contribution in [0.2, 0.25) is 0 Å². The lowest BCUT2D eigenvalue weighted by molar-refractivity contribution is 0.0957. The maximum Gasteiger partial charge on any atom is 0.252 e. The quantitative estimate of drug-likeness (QED) is 0.620. The van der Waals surface area contributed by atoms with Gasteiger partial charge in [-0.3, -0.25) is 9.78 Å². The predicted octanol–water partition coefficient (Wildman–Crippen LogP) is 3.09. The number of nitrogens with zero attached hydrogens (tertiary/aromatic N) is 1. The first kappa shape index (κ1) is 21.9. The number of aromatic nitrogens is 1. The first-order valence-corrected chi connectivity index (χ1v) is 9.52. The zero-order chi connectivity index (χ0) is 20.9. The van der Waals surface area contributed by atoms with Crippen LogP contribution in [0.4, 0.5) is 0 Å². The van der Waals surface area contributed by atoms with E-state index in [-0.39, 0.29) is 19.1 Å². The lowest BCUT2D eigenvalue weighted by Crippen LogP contribution is -2.24. The number of rotatable bonds is 10. The summed E-state index contributed by atoms with van der Waals surface area (Å²) in [6.45, 7) is 7.37. The molecule has 1 amide bonds. The third kappa shape index (κ3) is 6.92. The van der Waals surface area contributed by atoms with Gasteiger partial charge in [-0.25, -0.2) is 0 Å². The molecule has 0 radical (unpaired) electrons. The molecule has 29 heavy (non-hydrogen) atoms. The molecule has 0 unspecified atom stereocenters. The summed E-state index contributed by atoms with van der Waals surface area (Å²) in [6.07, 6.45) is 3.28. The molecule has 0 saturated heterocycles. The van der Waals surface area contributed by atoms with Crippen molar-refractivity contribution in [1.29, 1.82) is 0 Å². The van der Waals surface area contributed by atoms with Crippen molar-refractivity contribution in [3.8, 4) is 34.8 Å². The summed E-state index contributed by atoms with van der Waals surface area (Å²) in [5.74, 6) is 7.51. The zero-order valence-corrected chi connectivity index (χ0v) is 17.0. The van der Waals surface area contributed by atoms with Gasteiger partial charge in [-0.2, -0.15) is 0 Å². The van der Waals surface area contributed by atoms with E-state index in [1.54, 1.807) is 36.7 Å². The van der Waals surface area contributed by atoms with Crippen LogP contribution in [-0.2, 0) is 0 Å². The second kappa shape index (κ2) is 12.1. The Morgan fingerprint density at radius 1 is 1.00 bits per heavy atom. The Morgan fingerprint density at radius 3 is 2.28 bits per heavy atom. The van der Waals surface area contributed by atoms with Crippen LogP contribution >= 0.6 is 0 Å². The van der Waals surface area contributed by atoms with Gasteiger partial charge in [-0.15, -0.1) is 0 Å². The zero-order valence-electron chi connectivity index (χ0n) is 17.0. The van der Waals surface area contributed by atoms with Crippen molar-refractivity contribution in [2.24, 2.45) is 0 Å². The third-order valence-corrected chi connectivity index (χ3v) is 3.58. The lowest BCUT2D eigenvalue weighted by atomic mass is 10.1. The highest BCUT2D eigenvalue weighted by atomic mass is 16.5. The number of amides is 1. The Kier molecular flexibility index (Phi) is 9.16. The van der Waals surface area contributed by atoms with Crippen molar-refractivity contribution < 1.29 is 23.7 Å². The van der Waals surface area contributed by atoms with E-state index in [9.17, 15) is 4.79 Å². The molecule has 0 aliphatic heterocycles. The van der Waals surface area contributed by atoms with Crippen LogP contribution < -0.4 is 24.3 Å². The maximum atomic E-state index is 12.5. The van der Waals surface area contributed by atoms with Crippen LogP contribution in [0.15, 0.2) is 36.7 Å². The number of carbonyl (C=O) groups excluding carboxylic acids is 1. The summed E-state index contributed by atoms with van der Waals surface area (Å²) in [4.78, 5) is 16.5. The van der Waals surface area contributed by atoms with E-state index in [0.717, 1.165) is 0 Å². The minimum absolute atomic E-state index is 0.191. The van der Waals surface area contributed by atoms with Crippen molar-refractivity contribution >= 4 is 5.91 Å². The maximum absolute atomic E-state index is 12.5. The van der Waals surface area contributed by atoms with Gasteiger partial charge in [-0.1, -0.05) is 11.8 Å². The molecule has 0 spiro atoms. The van der Waals surface area contributed by atoms with Crippen LogP contribution in [0.5, 0.6) is 23.0 Å². The summed E-state index contributed by atoms with van der Waals surface area (Å²) >= 11 is 0. The molecule has 0 aliphatic carbocycles. The van der Waals surface area contributed by atoms with Gasteiger partial charge < -0.3 is 24.3 Å². The van der Waals surface area contributed by atoms with Gasteiger partial charge in [0.15, 0.2) is 11.5 Å². The van der Waals surface area contributed by atoms with Gasteiger partial charge >= 0.3 is 0 Å². The first-order chi connectivity index (χ1) is 14.2. The Bertz CT molecular complexity index is 816. The highest BCUT2D eigenvalue weighted by Gasteiger charge is 2.18. The Hall–Kier alpha value is -3.40. The summed E-state index contributed by atoms with van der Waals surface area (Å²) in [6, 6.07) is 6.87. The number of hydrogen-bond donors (Lipinski definition) is 1. The smallest absolute Gasteiger partial charge is 0.252 e. The van der Waals surface area contributed by atoms with Gasteiger partial charge in [0.05, 0.1) is 32.6 Å². The van der Waals surface area contributed by atoms with Crippen LogP contribution in [0.25, 0.3) is 0 Å². The van der Waals surface area contributed by atoms with E-state index < -0.39 is 0 Å². The van der Waals surface area contributed by atoms with E-state index in [1.165, 1.54) is 0 Å². The summed E-state index contributed by atoms with van der Waals surface area (Å²) in [5.41, 5.74) is 0.411. The number of ether oxygens (including phenoxy) is 4. The number of carbonyl (C=O) groups is 1. The van der Waals surface area contributed by atoms with E-state index in [2.05, 4.69) is 22.1 Å². The van der Waals surface area contributed by atoms with Crippen molar-refractivity contribution in [3.63, 3.8) is 0 Å². The molecule has 7 nitrogen and oxygen atoms in total. The van der Waals surface area contributed by atoms with Crippen LogP contribution in [0.3, 0.4) is 0 Å². The minimum atomic E-state index is -0.280. The molecule has 1 aromatic carbocycles. The summed E-state index contributed by atoms with van der Waals surface area (Å²) in [7, 11) is 0. The molecule has 1 aromatic heterocycles. The molecule has 0 atom stereocenters. The molecule has 0 bridgehead atoms. The molecule has 7 heteroatoms. The summed E-state index contributed by atoms with van der Waals surface area (Å²) < 4.78 is 22.3. The van der Waals surface area contributed by atoms with Gasteiger partial charge in [0.2, 0.25) is 5.75 Å². The minimum Gasteiger partial charge on any atom is -0.490 e. The largest absolute Gasteiger partial charge is 0.490 e. The molecule has 0 aliphatic rings. The molecular formula is C22H26N2O5. The van der Waals surface area contributed by atoms with Crippen LogP contribution in [0.1, 0.15) is 31.1 Å². The fraction of sp³-hybridized carbons (Fsp3) is 0.364. The number of nitrogens with one attached hydrogen (secondary N) is 1. The first-order valence-electron chi connectivity index (χ1n) is 9.52. The molecule has 2 rings (SSSR count). The second-order valence-electron chi connectivity index (χ2n) is 5.61. The average Bonchev–Trinajstić information content (AvgIpc) is 2.73. The topological polar surface area (TPSA) is 78.9 Å².